The summed E-state index contributed by atoms with van der Waals surface area (Å²) in [5.74, 6) is 0. The lowest BCUT2D eigenvalue weighted by Crippen LogP contribution is -1.98. The van der Waals surface area contributed by atoms with Crippen LogP contribution in [-0.4, -0.2) is 9.13 Å². The first-order chi connectivity index (χ1) is 31.6. The van der Waals surface area contributed by atoms with Crippen LogP contribution in [-0.2, 0) is 0 Å². The number of aromatic nitrogens is 2. The lowest BCUT2D eigenvalue weighted by molar-refractivity contribution is 1.16. The van der Waals surface area contributed by atoms with Gasteiger partial charge in [-0.25, -0.2) is 0 Å². The number of fused-ring (bicyclic) bond motifs is 9. The maximum absolute atomic E-state index is 9.65. The maximum Gasteiger partial charge on any atom is 0.0652 e. The van der Waals surface area contributed by atoms with Gasteiger partial charge in [0.05, 0.1) is 39.9 Å². The molecular weight excluding hydrogens is 641 g/mol. The van der Waals surface area contributed by atoms with Crippen LogP contribution in [0.2, 0.25) is 0 Å². The predicted octanol–water partition coefficient (Wildman–Crippen LogP) is 13.8. The number of para-hydroxylation sites is 2. The summed E-state index contributed by atoms with van der Waals surface area (Å²) in [6, 6.07) is 30.8. The Hall–Kier alpha value is -6.90. The predicted molar refractivity (Wildman–Crippen MR) is 226 cm³/mol. The van der Waals surface area contributed by atoms with Crippen LogP contribution in [0.4, 0.5) is 0 Å². The van der Waals surface area contributed by atoms with Gasteiger partial charge in [-0.3, -0.25) is 0 Å². The van der Waals surface area contributed by atoms with E-state index in [1.807, 2.05) is 77.4 Å². The van der Waals surface area contributed by atoms with Crippen LogP contribution in [0.1, 0.15) is 23.4 Å². The SMILES string of the molecule is [2H]c1c([2H])c([2H])c2c([2H])c(-n3c4ccccc4c4ccc5c(c6ccccc6n5-c5ccc(-c6ccc(-c7c([2H])c([2H])c([2H])c8c([2H])c([2H])c([2H])c([2H])c78)cc6)cc5)c43)c(C)c([2H])c2c1[2H]. The summed E-state index contributed by atoms with van der Waals surface area (Å²) in [5, 5.41) is 3.65. The lowest BCUT2D eigenvalue weighted by Gasteiger charge is -2.14. The highest BCUT2D eigenvalue weighted by Crippen LogP contribution is 2.43. The Kier molecular flexibility index (Phi) is 4.28. The zero-order chi connectivity index (χ0) is 46.4. The molecule has 248 valence electrons. The Morgan fingerprint density at radius 1 is 0.434 bits per heavy atom. The molecule has 0 spiro atoms. The third kappa shape index (κ3) is 4.52. The summed E-state index contributed by atoms with van der Waals surface area (Å²) >= 11 is 0. The molecule has 2 nitrogen and oxygen atoms in total. The van der Waals surface area contributed by atoms with E-state index in [0.717, 1.165) is 60.4 Å². The second kappa shape index (κ2) is 11.6. The van der Waals surface area contributed by atoms with Gasteiger partial charge < -0.3 is 9.13 Å². The molecule has 2 heterocycles. The van der Waals surface area contributed by atoms with Crippen molar-refractivity contribution in [2.75, 3.05) is 0 Å². The third-order valence-electron chi connectivity index (χ3n) is 10.2. The molecule has 0 unspecified atom stereocenters. The molecule has 2 heteroatoms. The Morgan fingerprint density at radius 2 is 1.04 bits per heavy atom. The van der Waals surface area contributed by atoms with E-state index in [1.165, 1.54) is 0 Å². The number of benzene rings is 9. The molecule has 0 bridgehead atoms. The second-order valence-electron chi connectivity index (χ2n) is 13.2. The fourth-order valence-corrected chi connectivity index (χ4v) is 7.86. The lowest BCUT2D eigenvalue weighted by atomic mass is 9.96. The summed E-state index contributed by atoms with van der Waals surface area (Å²) in [6.45, 7) is 1.73. The summed E-state index contributed by atoms with van der Waals surface area (Å²) in [4.78, 5) is 0. The average Bonchev–Trinajstić information content (AvgIpc) is 3.84. The molecule has 53 heavy (non-hydrogen) atoms. The highest BCUT2D eigenvalue weighted by atomic mass is 15.0. The highest BCUT2D eigenvalue weighted by Gasteiger charge is 2.21. The average molecular weight is 688 g/mol. The van der Waals surface area contributed by atoms with Crippen molar-refractivity contribution < 1.29 is 17.8 Å². The van der Waals surface area contributed by atoms with E-state index >= 15 is 0 Å². The molecule has 0 saturated heterocycles. The quantitative estimate of drug-likeness (QED) is 0.174. The monoisotopic (exact) mass is 687 g/mol. The van der Waals surface area contributed by atoms with Crippen molar-refractivity contribution in [1.82, 2.24) is 9.13 Å². The van der Waals surface area contributed by atoms with E-state index < -0.39 is 42.3 Å². The maximum atomic E-state index is 9.65. The molecule has 0 fully saturated rings. The van der Waals surface area contributed by atoms with Gasteiger partial charge in [0, 0.05) is 32.9 Å². The summed E-state index contributed by atoms with van der Waals surface area (Å²) < 4.78 is 117. The number of nitrogens with zero attached hydrogens (tertiary/aromatic N) is 2. The zero-order valence-electron chi connectivity index (χ0n) is 41.3. The van der Waals surface area contributed by atoms with Crippen molar-refractivity contribution in [2.45, 2.75) is 6.92 Å². The minimum atomic E-state index is -0.495. The van der Waals surface area contributed by atoms with Crippen molar-refractivity contribution in [1.29, 1.82) is 0 Å². The van der Waals surface area contributed by atoms with E-state index in [2.05, 4.69) is 28.8 Å². The van der Waals surface area contributed by atoms with Gasteiger partial charge in [-0.05, 0) is 98.7 Å². The first-order valence-corrected chi connectivity index (χ1v) is 17.3. The van der Waals surface area contributed by atoms with E-state index in [-0.39, 0.29) is 63.4 Å². The van der Waals surface area contributed by atoms with Gasteiger partial charge in [-0.15, -0.1) is 0 Å². The summed E-state index contributed by atoms with van der Waals surface area (Å²) in [5.41, 5.74) is 7.42. The topological polar surface area (TPSA) is 9.86 Å². The van der Waals surface area contributed by atoms with Crippen molar-refractivity contribution in [3.63, 3.8) is 0 Å². The fourth-order valence-electron chi connectivity index (χ4n) is 7.86. The van der Waals surface area contributed by atoms with Gasteiger partial charge in [0.2, 0.25) is 0 Å². The van der Waals surface area contributed by atoms with Crippen LogP contribution < -0.4 is 0 Å². The Morgan fingerprint density at radius 3 is 1.81 bits per heavy atom. The van der Waals surface area contributed by atoms with E-state index in [1.54, 1.807) is 19.1 Å². The van der Waals surface area contributed by atoms with E-state index in [9.17, 15) is 2.74 Å². The molecule has 0 N–H and O–H groups in total. The van der Waals surface area contributed by atoms with E-state index in [0.29, 0.717) is 16.8 Å². The molecule has 2 aromatic heterocycles. The molecule has 0 aliphatic rings. The van der Waals surface area contributed by atoms with Crippen LogP contribution in [0.25, 0.3) is 98.8 Å². The second-order valence-corrected chi connectivity index (χ2v) is 13.2. The molecule has 0 aliphatic heterocycles. The number of rotatable bonds is 4. The molecule has 0 amide bonds. The number of hydrogen-bond donors (Lipinski definition) is 0. The highest BCUT2D eigenvalue weighted by molar-refractivity contribution is 6.26. The fraction of sp³-hybridized carbons (Fsp3) is 0.0196. The normalized spacial score (nSPS) is 15.3. The third-order valence-corrected chi connectivity index (χ3v) is 10.2. The molecule has 0 aliphatic carbocycles. The minimum absolute atomic E-state index is 0.00264. The molecule has 11 aromatic rings. The van der Waals surface area contributed by atoms with Crippen LogP contribution in [0.3, 0.4) is 0 Å². The van der Waals surface area contributed by atoms with Gasteiger partial charge in [-0.2, -0.15) is 0 Å². The first kappa shape index (κ1) is 19.6. The standard InChI is InChI=1S/C51H34N2/c1-33-31-38-12-2-3-13-39(38)32-49(33)53-46-19-8-6-16-43(46)44-29-30-48-50(51(44)53)45-17-7-9-20-47(45)52(48)40-27-25-35(26-28-40)34-21-23-37(24-22-34)42-18-10-14-36-11-4-5-15-41(36)42/h2-32H,1H3/i2D,3D,4D,5D,10D,11D,12D,13D,14D,15D,18D,31D,32D. The van der Waals surface area contributed by atoms with Gasteiger partial charge in [-0.1, -0.05) is 145 Å². The molecular formula is C51H34N2. The van der Waals surface area contributed by atoms with Gasteiger partial charge in [0.15, 0.2) is 0 Å². The molecule has 0 atom stereocenters. The van der Waals surface area contributed by atoms with Crippen LogP contribution >= 0.6 is 0 Å². The Labute approximate surface area is 325 Å². The van der Waals surface area contributed by atoms with Crippen LogP contribution in [0, 0.1) is 6.92 Å². The number of hydrogen-bond acceptors (Lipinski definition) is 0. The van der Waals surface area contributed by atoms with Crippen molar-refractivity contribution in [2.24, 2.45) is 0 Å². The zero-order valence-corrected chi connectivity index (χ0v) is 28.3. The Balaban J connectivity index is 1.09. The first-order valence-electron chi connectivity index (χ1n) is 23.8. The van der Waals surface area contributed by atoms with Crippen molar-refractivity contribution >= 4 is 65.2 Å². The smallest absolute Gasteiger partial charge is 0.0652 e. The summed E-state index contributed by atoms with van der Waals surface area (Å²) in [7, 11) is 0. The van der Waals surface area contributed by atoms with Crippen LogP contribution in [0.5, 0.6) is 0 Å². The Bertz CT molecular complexity index is 3960. The summed E-state index contributed by atoms with van der Waals surface area (Å²) in [6.07, 6.45) is 0. The largest absolute Gasteiger partial charge is 0.309 e. The van der Waals surface area contributed by atoms with Crippen LogP contribution in [0.15, 0.2) is 188 Å². The van der Waals surface area contributed by atoms with Crippen molar-refractivity contribution in [3.05, 3.63) is 193 Å². The molecule has 9 aromatic carbocycles. The van der Waals surface area contributed by atoms with Crippen molar-refractivity contribution in [3.8, 4) is 33.6 Å². The van der Waals surface area contributed by atoms with E-state index in [4.69, 9.17) is 15.1 Å². The molecule has 0 saturated carbocycles. The minimum Gasteiger partial charge on any atom is -0.309 e. The molecule has 0 radical (unpaired) electrons. The van der Waals surface area contributed by atoms with Gasteiger partial charge >= 0.3 is 0 Å². The van der Waals surface area contributed by atoms with Gasteiger partial charge in [0.1, 0.15) is 0 Å². The molecule has 11 rings (SSSR count). The van der Waals surface area contributed by atoms with Gasteiger partial charge in [0.25, 0.3) is 0 Å².